The number of nitrogens with zero attached hydrogens (tertiary/aromatic N) is 1. The average Bonchev–Trinajstić information content (AvgIpc) is 2.70. The molecule has 1 aliphatic heterocycles. The smallest absolute Gasteiger partial charge is 0.308 e. The lowest BCUT2D eigenvalue weighted by Crippen LogP contribution is -2.32. The summed E-state index contributed by atoms with van der Waals surface area (Å²) in [5.74, 6) is -1.17. The number of aryl methyl sites for hydroxylation is 1. The number of likely N-dealkylation sites (tertiary alicyclic amines) is 1. The fourth-order valence-electron chi connectivity index (χ4n) is 2.64. The second-order valence-electron chi connectivity index (χ2n) is 5.53. The molecule has 5 heteroatoms. The maximum Gasteiger partial charge on any atom is 0.308 e. The molecule has 108 valence electrons. The first-order valence-corrected chi connectivity index (χ1v) is 6.77. The zero-order chi connectivity index (χ0) is 14.7. The van der Waals surface area contributed by atoms with Crippen LogP contribution in [0, 0.1) is 18.8 Å². The summed E-state index contributed by atoms with van der Waals surface area (Å²) in [6, 6.07) is 7.61. The largest absolute Gasteiger partial charge is 0.481 e. The van der Waals surface area contributed by atoms with Gasteiger partial charge in [0.25, 0.3) is 0 Å². The summed E-state index contributed by atoms with van der Waals surface area (Å²) in [7, 11) is 0. The van der Waals surface area contributed by atoms with Crippen molar-refractivity contribution in [2.24, 2.45) is 11.8 Å². The zero-order valence-electron chi connectivity index (χ0n) is 11.8. The number of carbonyl (C=O) groups excluding carboxylic acids is 1. The minimum absolute atomic E-state index is 0.0827. The van der Waals surface area contributed by atoms with Crippen molar-refractivity contribution in [1.82, 2.24) is 4.90 Å². The van der Waals surface area contributed by atoms with E-state index in [1.807, 2.05) is 43.0 Å². The number of nitrogens with one attached hydrogen (secondary N) is 1. The van der Waals surface area contributed by atoms with Gasteiger partial charge in [-0.25, -0.2) is 0 Å². The summed E-state index contributed by atoms with van der Waals surface area (Å²) < 4.78 is 0. The van der Waals surface area contributed by atoms with Crippen LogP contribution in [0.1, 0.15) is 12.5 Å². The van der Waals surface area contributed by atoms with Crippen molar-refractivity contribution in [3.05, 3.63) is 29.8 Å². The monoisotopic (exact) mass is 276 g/mol. The molecular formula is C15H20N2O3. The van der Waals surface area contributed by atoms with Crippen LogP contribution in [0.3, 0.4) is 0 Å². The molecule has 0 aliphatic carbocycles. The molecule has 0 radical (unpaired) electrons. The molecule has 1 aromatic carbocycles. The van der Waals surface area contributed by atoms with E-state index >= 15 is 0 Å². The van der Waals surface area contributed by atoms with Gasteiger partial charge in [-0.2, -0.15) is 0 Å². The highest BCUT2D eigenvalue weighted by Gasteiger charge is 2.35. The first-order chi connectivity index (χ1) is 9.45. The molecule has 0 aromatic heterocycles. The lowest BCUT2D eigenvalue weighted by atomic mass is 9.99. The van der Waals surface area contributed by atoms with Crippen LogP contribution in [0.15, 0.2) is 24.3 Å². The molecule has 0 bridgehead atoms. The fraction of sp³-hybridized carbons (Fsp3) is 0.467. The number of rotatable bonds is 4. The molecule has 2 unspecified atom stereocenters. The number of aliphatic carboxylic acids is 1. The highest BCUT2D eigenvalue weighted by molar-refractivity contribution is 5.92. The number of carboxylic acid groups (broad SMARTS) is 1. The third-order valence-corrected chi connectivity index (χ3v) is 3.67. The van der Waals surface area contributed by atoms with Gasteiger partial charge < -0.3 is 10.4 Å². The first kappa shape index (κ1) is 14.5. The van der Waals surface area contributed by atoms with Crippen molar-refractivity contribution in [2.45, 2.75) is 13.8 Å². The number of carboxylic acids is 1. The van der Waals surface area contributed by atoms with E-state index in [-0.39, 0.29) is 24.3 Å². The van der Waals surface area contributed by atoms with Gasteiger partial charge in [-0.05, 0) is 30.5 Å². The Kier molecular flexibility index (Phi) is 4.39. The molecule has 1 aliphatic rings. The Hall–Kier alpha value is -1.88. The number of amides is 1. The van der Waals surface area contributed by atoms with Crippen LogP contribution in [-0.4, -0.2) is 41.5 Å². The second-order valence-corrected chi connectivity index (χ2v) is 5.53. The summed E-state index contributed by atoms with van der Waals surface area (Å²) in [4.78, 5) is 24.9. The van der Waals surface area contributed by atoms with Crippen LogP contribution in [-0.2, 0) is 9.59 Å². The SMILES string of the molecule is Cc1cccc(NC(=O)CN2CC(C)C(C(=O)O)C2)c1. The van der Waals surface area contributed by atoms with E-state index in [4.69, 9.17) is 5.11 Å². The Morgan fingerprint density at radius 1 is 1.40 bits per heavy atom. The maximum atomic E-state index is 12.0. The van der Waals surface area contributed by atoms with Crippen molar-refractivity contribution < 1.29 is 14.7 Å². The van der Waals surface area contributed by atoms with E-state index in [0.717, 1.165) is 11.3 Å². The Balaban J connectivity index is 1.88. The Labute approximate surface area is 118 Å². The van der Waals surface area contributed by atoms with E-state index in [9.17, 15) is 9.59 Å². The molecule has 0 saturated carbocycles. The topological polar surface area (TPSA) is 69.6 Å². The zero-order valence-corrected chi connectivity index (χ0v) is 11.8. The number of hydrogen-bond donors (Lipinski definition) is 2. The molecule has 1 fully saturated rings. The van der Waals surface area contributed by atoms with Gasteiger partial charge in [0.15, 0.2) is 0 Å². The number of carbonyl (C=O) groups is 2. The van der Waals surface area contributed by atoms with Crippen LogP contribution in [0.4, 0.5) is 5.69 Å². The van der Waals surface area contributed by atoms with Gasteiger partial charge in [-0.1, -0.05) is 19.1 Å². The summed E-state index contributed by atoms with van der Waals surface area (Å²) in [5, 5.41) is 11.9. The molecular weight excluding hydrogens is 256 g/mol. The van der Waals surface area contributed by atoms with Crippen LogP contribution >= 0.6 is 0 Å². The molecule has 20 heavy (non-hydrogen) atoms. The van der Waals surface area contributed by atoms with Crippen LogP contribution in [0.2, 0.25) is 0 Å². The molecule has 1 saturated heterocycles. The normalized spacial score (nSPS) is 22.7. The molecule has 1 aromatic rings. The minimum atomic E-state index is -0.779. The van der Waals surface area contributed by atoms with E-state index in [1.165, 1.54) is 0 Å². The summed E-state index contributed by atoms with van der Waals surface area (Å²) in [6.07, 6.45) is 0. The van der Waals surface area contributed by atoms with E-state index < -0.39 is 5.97 Å². The van der Waals surface area contributed by atoms with E-state index in [1.54, 1.807) is 0 Å². The number of benzene rings is 1. The maximum absolute atomic E-state index is 12.0. The second kappa shape index (κ2) is 6.05. The van der Waals surface area contributed by atoms with Gasteiger partial charge in [-0.15, -0.1) is 0 Å². The summed E-state index contributed by atoms with van der Waals surface area (Å²) in [6.45, 7) is 5.21. The third-order valence-electron chi connectivity index (χ3n) is 3.67. The van der Waals surface area contributed by atoms with E-state index in [2.05, 4.69) is 5.32 Å². The highest BCUT2D eigenvalue weighted by Crippen LogP contribution is 2.22. The predicted molar refractivity (Wildman–Crippen MR) is 76.5 cm³/mol. The van der Waals surface area contributed by atoms with Gasteiger partial charge in [0, 0.05) is 18.8 Å². The lowest BCUT2D eigenvalue weighted by Gasteiger charge is -2.15. The lowest BCUT2D eigenvalue weighted by molar-refractivity contribution is -0.142. The molecule has 0 spiro atoms. The average molecular weight is 276 g/mol. The van der Waals surface area contributed by atoms with Gasteiger partial charge in [-0.3, -0.25) is 14.5 Å². The highest BCUT2D eigenvalue weighted by atomic mass is 16.4. The van der Waals surface area contributed by atoms with Gasteiger partial charge >= 0.3 is 5.97 Å². The molecule has 2 rings (SSSR count). The van der Waals surface area contributed by atoms with Crippen molar-refractivity contribution in [2.75, 3.05) is 25.0 Å². The van der Waals surface area contributed by atoms with Gasteiger partial charge in [0.05, 0.1) is 12.5 Å². The summed E-state index contributed by atoms with van der Waals surface area (Å²) >= 11 is 0. The Morgan fingerprint density at radius 2 is 2.15 bits per heavy atom. The molecule has 1 heterocycles. The number of anilines is 1. The quantitative estimate of drug-likeness (QED) is 0.876. The molecule has 2 atom stereocenters. The predicted octanol–water partition coefficient (Wildman–Crippen LogP) is 1.59. The van der Waals surface area contributed by atoms with Crippen molar-refractivity contribution in [1.29, 1.82) is 0 Å². The first-order valence-electron chi connectivity index (χ1n) is 6.77. The van der Waals surface area contributed by atoms with Crippen LogP contribution in [0.25, 0.3) is 0 Å². The molecule has 1 amide bonds. The van der Waals surface area contributed by atoms with E-state index in [0.29, 0.717) is 13.1 Å². The fourth-order valence-corrected chi connectivity index (χ4v) is 2.64. The number of hydrogen-bond acceptors (Lipinski definition) is 3. The van der Waals surface area contributed by atoms with Gasteiger partial charge in [0.2, 0.25) is 5.91 Å². The standard InChI is InChI=1S/C15H20N2O3/c1-10-4-3-5-12(6-10)16-14(18)9-17-7-11(2)13(8-17)15(19)20/h3-6,11,13H,7-9H2,1-2H3,(H,16,18)(H,19,20). The Bertz CT molecular complexity index is 516. The van der Waals surface area contributed by atoms with Gasteiger partial charge in [0.1, 0.15) is 0 Å². The van der Waals surface area contributed by atoms with Crippen LogP contribution in [0.5, 0.6) is 0 Å². The minimum Gasteiger partial charge on any atom is -0.481 e. The Morgan fingerprint density at radius 3 is 2.75 bits per heavy atom. The molecule has 5 nitrogen and oxygen atoms in total. The van der Waals surface area contributed by atoms with Crippen molar-refractivity contribution >= 4 is 17.6 Å². The molecule has 2 N–H and O–H groups in total. The van der Waals surface area contributed by atoms with Crippen molar-refractivity contribution in [3.8, 4) is 0 Å². The van der Waals surface area contributed by atoms with Crippen molar-refractivity contribution in [3.63, 3.8) is 0 Å². The third kappa shape index (κ3) is 3.57. The summed E-state index contributed by atoms with van der Waals surface area (Å²) in [5.41, 5.74) is 1.86. The van der Waals surface area contributed by atoms with Crippen LogP contribution < -0.4 is 5.32 Å².